The summed E-state index contributed by atoms with van der Waals surface area (Å²) in [4.78, 5) is 12.4. The van der Waals surface area contributed by atoms with Gasteiger partial charge in [-0.1, -0.05) is 164 Å². The number of hydrogen-bond donors (Lipinski definition) is 4. The fraction of sp³-hybridized carbons (Fsp3) is 0.744. The highest BCUT2D eigenvalue weighted by Crippen LogP contribution is 2.13. The molecule has 0 aromatic heterocycles. The molecule has 0 aliphatic carbocycles. The molecule has 4 N–H and O–H groups in total. The Hall–Kier alpha value is -1.95. The largest absolute Gasteiger partial charge is 0.394 e. The minimum atomic E-state index is -0.964. The van der Waals surface area contributed by atoms with Crippen LogP contribution in [0.5, 0.6) is 0 Å². The van der Waals surface area contributed by atoms with Gasteiger partial charge >= 0.3 is 0 Å². The third-order valence-electron chi connectivity index (χ3n) is 8.76. The van der Waals surface area contributed by atoms with Crippen LogP contribution in [0, 0.1) is 0 Å². The molecule has 0 aliphatic heterocycles. The molecule has 48 heavy (non-hydrogen) atoms. The lowest BCUT2D eigenvalue weighted by Gasteiger charge is -2.20. The predicted octanol–water partition coefficient (Wildman–Crippen LogP) is 11.1. The van der Waals surface area contributed by atoms with Gasteiger partial charge in [-0.2, -0.15) is 0 Å². The molecule has 5 heteroatoms. The van der Waals surface area contributed by atoms with Crippen molar-refractivity contribution in [1.82, 2.24) is 5.32 Å². The smallest absolute Gasteiger partial charge is 0.222 e. The normalized spacial score (nSPS) is 14.4. The van der Waals surface area contributed by atoms with E-state index in [1.165, 1.54) is 96.3 Å². The number of aliphatic hydroxyl groups excluding tert-OH is 3. The van der Waals surface area contributed by atoms with Gasteiger partial charge in [0, 0.05) is 0 Å². The van der Waals surface area contributed by atoms with Crippen LogP contribution in [0.3, 0.4) is 0 Å². The fourth-order valence-corrected chi connectivity index (χ4v) is 5.62. The molecule has 3 atom stereocenters. The molecule has 0 rings (SSSR count). The van der Waals surface area contributed by atoms with Gasteiger partial charge in [0.25, 0.3) is 0 Å². The second kappa shape index (κ2) is 37.9. The Bertz CT molecular complexity index is 831. The monoisotopic (exact) mass is 672 g/mol. The second-order valence-corrected chi connectivity index (χ2v) is 13.5. The van der Waals surface area contributed by atoms with E-state index in [0.29, 0.717) is 6.42 Å². The summed E-state index contributed by atoms with van der Waals surface area (Å²) in [5.74, 6) is -0.342. The first-order valence-corrected chi connectivity index (χ1v) is 20.1. The van der Waals surface area contributed by atoms with Crippen molar-refractivity contribution >= 4 is 5.91 Å². The zero-order valence-corrected chi connectivity index (χ0v) is 31.3. The first-order valence-electron chi connectivity index (χ1n) is 20.1. The van der Waals surface area contributed by atoms with Crippen molar-refractivity contribution in [3.05, 3.63) is 60.8 Å². The maximum absolute atomic E-state index is 12.4. The van der Waals surface area contributed by atoms with Crippen LogP contribution >= 0.6 is 0 Å². The van der Waals surface area contributed by atoms with Gasteiger partial charge in [-0.05, 0) is 70.6 Å². The summed E-state index contributed by atoms with van der Waals surface area (Å²) < 4.78 is 0. The molecular formula is C43H77NO4. The lowest BCUT2D eigenvalue weighted by Crippen LogP contribution is -2.45. The molecule has 0 fully saturated rings. The minimum absolute atomic E-state index is 0.00996. The summed E-state index contributed by atoms with van der Waals surface area (Å²) in [6.07, 6.45) is 49.3. The van der Waals surface area contributed by atoms with Crippen LogP contribution in [0.25, 0.3) is 0 Å². The number of nitrogens with one attached hydrogen (secondary N) is 1. The van der Waals surface area contributed by atoms with Crippen molar-refractivity contribution < 1.29 is 20.1 Å². The Balaban J connectivity index is 3.77. The van der Waals surface area contributed by atoms with Gasteiger partial charge < -0.3 is 20.6 Å². The van der Waals surface area contributed by atoms with E-state index in [1.807, 2.05) is 6.08 Å². The first kappa shape index (κ1) is 46.0. The van der Waals surface area contributed by atoms with Crippen molar-refractivity contribution in [2.45, 2.75) is 199 Å². The van der Waals surface area contributed by atoms with Crippen molar-refractivity contribution in [1.29, 1.82) is 0 Å². The third kappa shape index (κ3) is 33.9. The maximum Gasteiger partial charge on any atom is 0.222 e. The molecule has 1 amide bonds. The van der Waals surface area contributed by atoms with Gasteiger partial charge in [0.05, 0.1) is 31.3 Å². The van der Waals surface area contributed by atoms with Crippen LogP contribution in [-0.4, -0.2) is 46.1 Å². The third-order valence-corrected chi connectivity index (χ3v) is 8.76. The number of allylic oxidation sites excluding steroid dienone is 9. The first-order chi connectivity index (χ1) is 23.5. The molecule has 0 saturated carbocycles. The highest BCUT2D eigenvalue weighted by molar-refractivity contribution is 5.76. The second-order valence-electron chi connectivity index (χ2n) is 13.5. The van der Waals surface area contributed by atoms with E-state index in [-0.39, 0.29) is 18.9 Å². The molecule has 278 valence electrons. The van der Waals surface area contributed by atoms with Gasteiger partial charge in [-0.15, -0.1) is 0 Å². The highest BCUT2D eigenvalue weighted by atomic mass is 16.3. The van der Waals surface area contributed by atoms with Crippen LogP contribution in [0.1, 0.15) is 181 Å². The fourth-order valence-electron chi connectivity index (χ4n) is 5.62. The predicted molar refractivity (Wildman–Crippen MR) is 208 cm³/mol. The summed E-state index contributed by atoms with van der Waals surface area (Å²) in [7, 11) is 0. The zero-order valence-electron chi connectivity index (χ0n) is 31.3. The molecule has 3 unspecified atom stereocenters. The van der Waals surface area contributed by atoms with Crippen LogP contribution < -0.4 is 5.32 Å². The molecule has 0 bridgehead atoms. The van der Waals surface area contributed by atoms with Crippen LogP contribution in [0.2, 0.25) is 0 Å². The van der Waals surface area contributed by atoms with E-state index in [1.54, 1.807) is 6.08 Å². The van der Waals surface area contributed by atoms with Gasteiger partial charge in [-0.25, -0.2) is 0 Å². The van der Waals surface area contributed by atoms with E-state index >= 15 is 0 Å². The molecule has 0 saturated heterocycles. The van der Waals surface area contributed by atoms with Crippen LogP contribution in [0.15, 0.2) is 60.8 Å². The maximum atomic E-state index is 12.4. The van der Waals surface area contributed by atoms with Crippen molar-refractivity contribution in [3.8, 4) is 0 Å². The topological polar surface area (TPSA) is 89.8 Å². The lowest BCUT2D eigenvalue weighted by atomic mass is 10.0. The van der Waals surface area contributed by atoms with Crippen molar-refractivity contribution in [3.63, 3.8) is 0 Å². The van der Waals surface area contributed by atoms with E-state index in [0.717, 1.165) is 57.8 Å². The standard InChI is InChI=1S/C43H77NO4/c1-3-5-7-9-11-13-15-17-18-19-20-21-22-23-24-25-26-28-30-32-34-36-40(46)38-43(48)44-41(39-45)42(47)37-35-33-31-29-27-16-14-12-10-8-6-4-2/h10,12,20-21,23-24,27,29,35,37,40-42,45-47H,3-9,11,13-19,22,25-26,28,30-34,36,38-39H2,1-2H3,(H,44,48)/b12-10+,21-20-,24-23-,29-27+,37-35+. The quantitative estimate of drug-likeness (QED) is 0.0399. The van der Waals surface area contributed by atoms with E-state index in [2.05, 4.69) is 67.8 Å². The Morgan fingerprint density at radius 2 is 0.979 bits per heavy atom. The van der Waals surface area contributed by atoms with E-state index in [9.17, 15) is 20.1 Å². The number of amides is 1. The average Bonchev–Trinajstić information content (AvgIpc) is 3.08. The summed E-state index contributed by atoms with van der Waals surface area (Å²) in [5, 5.41) is 33.0. The number of unbranched alkanes of at least 4 members (excludes halogenated alkanes) is 18. The number of carbonyl (C=O) groups is 1. The lowest BCUT2D eigenvalue weighted by molar-refractivity contribution is -0.124. The average molecular weight is 672 g/mol. The SMILES string of the molecule is CCCC/C=C/CC/C=C/CC/C=C/C(O)C(CO)NC(=O)CC(O)CCCCCCC/C=C\C/C=C\CCCCCCCCCCC. The minimum Gasteiger partial charge on any atom is -0.394 e. The molecule has 0 heterocycles. The summed E-state index contributed by atoms with van der Waals surface area (Å²) in [6.45, 7) is 4.12. The molecular weight excluding hydrogens is 594 g/mol. The van der Waals surface area contributed by atoms with Gasteiger partial charge in [0.15, 0.2) is 0 Å². The van der Waals surface area contributed by atoms with Crippen molar-refractivity contribution in [2.75, 3.05) is 6.61 Å². The van der Waals surface area contributed by atoms with Gasteiger partial charge in [0.1, 0.15) is 0 Å². The van der Waals surface area contributed by atoms with Gasteiger partial charge in [-0.3, -0.25) is 4.79 Å². The number of rotatable bonds is 35. The number of aliphatic hydroxyl groups is 3. The van der Waals surface area contributed by atoms with Crippen LogP contribution in [-0.2, 0) is 4.79 Å². The molecule has 0 aromatic rings. The summed E-state index contributed by atoms with van der Waals surface area (Å²) >= 11 is 0. The zero-order chi connectivity index (χ0) is 35.2. The molecule has 0 radical (unpaired) electrons. The van der Waals surface area contributed by atoms with E-state index in [4.69, 9.17) is 0 Å². The summed E-state index contributed by atoms with van der Waals surface area (Å²) in [6, 6.07) is -0.773. The van der Waals surface area contributed by atoms with E-state index < -0.39 is 18.2 Å². The highest BCUT2D eigenvalue weighted by Gasteiger charge is 2.20. The molecule has 0 aromatic carbocycles. The van der Waals surface area contributed by atoms with Gasteiger partial charge in [0.2, 0.25) is 5.91 Å². The Morgan fingerprint density at radius 3 is 1.52 bits per heavy atom. The number of hydrogen-bond acceptors (Lipinski definition) is 4. The molecule has 0 aliphatic rings. The molecule has 5 nitrogen and oxygen atoms in total. The summed E-state index contributed by atoms with van der Waals surface area (Å²) in [5.41, 5.74) is 0. The molecule has 0 spiro atoms. The Morgan fingerprint density at radius 1 is 0.542 bits per heavy atom. The van der Waals surface area contributed by atoms with Crippen molar-refractivity contribution in [2.24, 2.45) is 0 Å². The Labute approximate surface area is 297 Å². The number of carbonyl (C=O) groups excluding carboxylic acids is 1. The Kier molecular flexibility index (Phi) is 36.3. The van der Waals surface area contributed by atoms with Crippen LogP contribution in [0.4, 0.5) is 0 Å².